The van der Waals surface area contributed by atoms with Gasteiger partial charge in [-0.2, -0.15) is 0 Å². The quantitative estimate of drug-likeness (QED) is 0.749. The van der Waals surface area contributed by atoms with Crippen LogP contribution in [-0.4, -0.2) is 33.2 Å². The molecule has 27 heavy (non-hydrogen) atoms. The highest BCUT2D eigenvalue weighted by Crippen LogP contribution is 2.35. The van der Waals surface area contributed by atoms with Gasteiger partial charge in [-0.3, -0.25) is 4.79 Å². The molecule has 2 aromatic rings. The number of thioether (sulfide) groups is 1. The summed E-state index contributed by atoms with van der Waals surface area (Å²) in [5.74, 6) is 0.852. The van der Waals surface area contributed by atoms with E-state index in [-0.39, 0.29) is 10.8 Å². The lowest BCUT2D eigenvalue weighted by Crippen LogP contribution is -2.30. The number of benzene rings is 2. The Morgan fingerprint density at radius 2 is 1.96 bits per heavy atom. The van der Waals surface area contributed by atoms with Gasteiger partial charge in [0, 0.05) is 24.9 Å². The van der Waals surface area contributed by atoms with Crippen molar-refractivity contribution >= 4 is 33.4 Å². The van der Waals surface area contributed by atoms with Gasteiger partial charge in [-0.15, -0.1) is 11.8 Å². The number of nitrogens with zero attached hydrogens (tertiary/aromatic N) is 1. The van der Waals surface area contributed by atoms with Crippen LogP contribution in [0.2, 0.25) is 0 Å². The van der Waals surface area contributed by atoms with E-state index in [0.717, 1.165) is 29.9 Å². The van der Waals surface area contributed by atoms with E-state index in [9.17, 15) is 13.2 Å². The molecule has 0 atom stereocenters. The van der Waals surface area contributed by atoms with E-state index >= 15 is 0 Å². The number of amides is 1. The number of carbonyl (C=O) groups excluding carboxylic acids is 1. The van der Waals surface area contributed by atoms with Crippen LogP contribution in [-0.2, 0) is 21.2 Å². The number of rotatable bonds is 6. The fourth-order valence-corrected chi connectivity index (χ4v) is 5.15. The summed E-state index contributed by atoms with van der Waals surface area (Å²) < 4.78 is 28.0. The topological polar surface area (TPSA) is 66.5 Å². The van der Waals surface area contributed by atoms with Crippen molar-refractivity contribution < 1.29 is 13.2 Å². The molecule has 0 saturated carbocycles. The molecule has 144 valence electrons. The van der Waals surface area contributed by atoms with E-state index in [2.05, 4.69) is 4.72 Å². The lowest BCUT2D eigenvalue weighted by molar-refractivity contribution is -0.116. The highest BCUT2D eigenvalue weighted by Gasteiger charge is 2.22. The fraction of sp³-hybridized carbons (Fsp3) is 0.350. The Labute approximate surface area is 165 Å². The van der Waals surface area contributed by atoms with Crippen LogP contribution >= 0.6 is 11.8 Å². The van der Waals surface area contributed by atoms with E-state index in [4.69, 9.17) is 0 Å². The van der Waals surface area contributed by atoms with Crippen molar-refractivity contribution in [1.82, 2.24) is 4.72 Å². The van der Waals surface area contributed by atoms with Crippen LogP contribution in [0.25, 0.3) is 0 Å². The minimum absolute atomic E-state index is 0.0656. The van der Waals surface area contributed by atoms with Gasteiger partial charge in [0.1, 0.15) is 0 Å². The molecular formula is C20H24N2O3S2. The van der Waals surface area contributed by atoms with E-state index in [1.807, 2.05) is 30.3 Å². The van der Waals surface area contributed by atoms with Gasteiger partial charge in [0.25, 0.3) is 0 Å². The molecule has 1 heterocycles. The van der Waals surface area contributed by atoms with Crippen molar-refractivity contribution in [3.63, 3.8) is 0 Å². The molecule has 0 spiro atoms. The van der Waals surface area contributed by atoms with Gasteiger partial charge in [-0.25, -0.2) is 13.1 Å². The Balaban J connectivity index is 1.70. The number of anilines is 1. The lowest BCUT2D eigenvalue weighted by atomic mass is 10.1. The molecule has 1 N–H and O–H groups in total. The molecule has 3 rings (SSSR count). The average Bonchev–Trinajstić information content (AvgIpc) is 2.88. The molecule has 0 aliphatic carbocycles. The average molecular weight is 405 g/mol. The van der Waals surface area contributed by atoms with Crippen LogP contribution < -0.4 is 9.62 Å². The summed E-state index contributed by atoms with van der Waals surface area (Å²) in [6.45, 7) is 2.51. The van der Waals surface area contributed by atoms with E-state index in [1.165, 1.54) is 12.5 Å². The number of fused-ring (bicyclic) bond motifs is 1. The summed E-state index contributed by atoms with van der Waals surface area (Å²) in [6.07, 6.45) is 2.44. The highest BCUT2D eigenvalue weighted by atomic mass is 32.2. The van der Waals surface area contributed by atoms with Crippen LogP contribution in [0.15, 0.2) is 58.3 Å². The maximum Gasteiger partial charge on any atom is 0.240 e. The minimum Gasteiger partial charge on any atom is -0.311 e. The zero-order valence-corrected chi connectivity index (χ0v) is 17.0. The van der Waals surface area contributed by atoms with E-state index < -0.39 is 10.0 Å². The number of nitrogens with one attached hydrogen (secondary N) is 1. The molecular weight excluding hydrogens is 380 g/mol. The summed E-state index contributed by atoms with van der Waals surface area (Å²) in [7, 11) is -3.61. The molecule has 0 fully saturated rings. The molecule has 1 aliphatic heterocycles. The molecule has 2 aromatic carbocycles. The third-order valence-electron chi connectivity index (χ3n) is 4.47. The first-order chi connectivity index (χ1) is 13.0. The summed E-state index contributed by atoms with van der Waals surface area (Å²) in [6, 6.07) is 15.0. The largest absolute Gasteiger partial charge is 0.311 e. The van der Waals surface area contributed by atoms with Gasteiger partial charge >= 0.3 is 0 Å². The molecule has 1 aliphatic rings. The molecule has 0 aromatic heterocycles. The Kier molecular flexibility index (Phi) is 6.57. The smallest absolute Gasteiger partial charge is 0.240 e. The standard InChI is InChI=1S/C20H24N2O3S2/c1-16(23)22-13-6-14-26-20-11-10-18(15-19(20)22)27(24,25)21-12-5-9-17-7-3-2-4-8-17/h2-4,7-8,10-11,15,21H,5-6,9,12-14H2,1H3. The monoisotopic (exact) mass is 404 g/mol. The van der Waals surface area contributed by atoms with Gasteiger partial charge in [-0.05, 0) is 48.8 Å². The third-order valence-corrected chi connectivity index (χ3v) is 7.08. The Bertz CT molecular complexity index is 899. The second kappa shape index (κ2) is 8.91. The van der Waals surface area contributed by atoms with Crippen molar-refractivity contribution in [2.75, 3.05) is 23.7 Å². The van der Waals surface area contributed by atoms with Crippen molar-refractivity contribution in [2.45, 2.75) is 36.0 Å². The van der Waals surface area contributed by atoms with Crippen molar-refractivity contribution in [1.29, 1.82) is 0 Å². The zero-order chi connectivity index (χ0) is 19.3. The number of aryl methyl sites for hydroxylation is 1. The van der Waals surface area contributed by atoms with Crippen LogP contribution in [0.5, 0.6) is 0 Å². The molecule has 5 nitrogen and oxygen atoms in total. The zero-order valence-electron chi connectivity index (χ0n) is 15.3. The highest BCUT2D eigenvalue weighted by molar-refractivity contribution is 7.99. The molecule has 0 saturated heterocycles. The van der Waals surface area contributed by atoms with E-state index in [1.54, 1.807) is 34.9 Å². The Morgan fingerprint density at radius 1 is 1.19 bits per heavy atom. The lowest BCUT2D eigenvalue weighted by Gasteiger charge is -2.21. The maximum atomic E-state index is 12.7. The second-order valence-electron chi connectivity index (χ2n) is 6.49. The molecule has 1 amide bonds. The Hall–Kier alpha value is -1.83. The third kappa shape index (κ3) is 5.12. The van der Waals surface area contributed by atoms with Gasteiger partial charge in [-0.1, -0.05) is 30.3 Å². The molecule has 0 bridgehead atoms. The van der Waals surface area contributed by atoms with Crippen molar-refractivity contribution in [3.8, 4) is 0 Å². The first kappa shape index (κ1) is 19.9. The minimum atomic E-state index is -3.61. The van der Waals surface area contributed by atoms with E-state index in [0.29, 0.717) is 18.8 Å². The first-order valence-corrected chi connectivity index (χ1v) is 11.5. The predicted octanol–water partition coefficient (Wildman–Crippen LogP) is 3.45. The van der Waals surface area contributed by atoms with Gasteiger partial charge in [0.15, 0.2) is 0 Å². The number of hydrogen-bond acceptors (Lipinski definition) is 4. The van der Waals surface area contributed by atoms with Crippen LogP contribution in [0.1, 0.15) is 25.3 Å². The van der Waals surface area contributed by atoms with Gasteiger partial charge in [0.05, 0.1) is 10.6 Å². The number of carbonyl (C=O) groups is 1. The molecule has 7 heteroatoms. The Morgan fingerprint density at radius 3 is 2.70 bits per heavy atom. The van der Waals surface area contributed by atoms with Gasteiger partial charge in [0.2, 0.25) is 15.9 Å². The fourth-order valence-electron chi connectivity index (χ4n) is 3.08. The van der Waals surface area contributed by atoms with Crippen molar-refractivity contribution in [3.05, 3.63) is 54.1 Å². The van der Waals surface area contributed by atoms with Gasteiger partial charge < -0.3 is 4.90 Å². The summed E-state index contributed by atoms with van der Waals surface area (Å²) in [4.78, 5) is 14.8. The van der Waals surface area contributed by atoms with Crippen LogP contribution in [0.4, 0.5) is 5.69 Å². The maximum absolute atomic E-state index is 12.7. The second-order valence-corrected chi connectivity index (χ2v) is 9.39. The molecule has 0 unspecified atom stereocenters. The SMILES string of the molecule is CC(=O)N1CCCSc2ccc(S(=O)(=O)NCCCc3ccccc3)cc21. The van der Waals surface area contributed by atoms with Crippen molar-refractivity contribution in [2.24, 2.45) is 0 Å². The normalized spacial score (nSPS) is 14.5. The summed E-state index contributed by atoms with van der Waals surface area (Å²) >= 11 is 1.66. The first-order valence-electron chi connectivity index (χ1n) is 9.06. The summed E-state index contributed by atoms with van der Waals surface area (Å²) in [5, 5.41) is 0. The molecule has 0 radical (unpaired) electrons. The van der Waals surface area contributed by atoms with Crippen LogP contribution in [0.3, 0.4) is 0 Å². The number of hydrogen-bond donors (Lipinski definition) is 1. The predicted molar refractivity (Wildman–Crippen MR) is 110 cm³/mol. The van der Waals surface area contributed by atoms with Crippen LogP contribution in [0, 0.1) is 0 Å². The number of sulfonamides is 1. The summed E-state index contributed by atoms with van der Waals surface area (Å²) in [5.41, 5.74) is 1.88.